The first-order valence-electron chi connectivity index (χ1n) is 7.86. The third-order valence-electron chi connectivity index (χ3n) is 4.21. The zero-order valence-electron chi connectivity index (χ0n) is 13.5. The number of rotatable bonds is 2. The molecule has 2 amide bonds. The Labute approximate surface area is 171 Å². The number of piperazine rings is 1. The maximum absolute atomic E-state index is 12.7. The Balaban J connectivity index is 1.71. The second-order valence-corrected chi connectivity index (χ2v) is 7.41. The van der Waals surface area contributed by atoms with Crippen LogP contribution in [0.5, 0.6) is 0 Å². The first-order chi connectivity index (χ1) is 12.4. The number of hydrogen-bond acceptors (Lipinski definition) is 2. The van der Waals surface area contributed by atoms with Gasteiger partial charge in [0.05, 0.1) is 31.2 Å². The van der Waals surface area contributed by atoms with E-state index < -0.39 is 0 Å². The van der Waals surface area contributed by atoms with Gasteiger partial charge in [-0.25, -0.2) is 0 Å². The molecule has 26 heavy (non-hydrogen) atoms. The summed E-state index contributed by atoms with van der Waals surface area (Å²) in [6.07, 6.45) is 0. The van der Waals surface area contributed by atoms with E-state index >= 15 is 0 Å². The highest BCUT2D eigenvalue weighted by molar-refractivity contribution is 6.40. The molecule has 1 aliphatic rings. The summed E-state index contributed by atoms with van der Waals surface area (Å²) in [6.45, 7) is 1.48. The normalized spacial score (nSPS) is 14.5. The fraction of sp³-hybridized carbons (Fsp3) is 0.222. The summed E-state index contributed by atoms with van der Waals surface area (Å²) in [5.74, 6) is -0.494. The van der Waals surface area contributed by atoms with Crippen molar-refractivity contribution in [3.8, 4) is 0 Å². The first-order valence-corrected chi connectivity index (χ1v) is 9.38. The van der Waals surface area contributed by atoms with Crippen molar-refractivity contribution in [2.75, 3.05) is 26.2 Å². The number of carbonyl (C=O) groups excluding carboxylic acids is 2. The van der Waals surface area contributed by atoms with Gasteiger partial charge >= 0.3 is 0 Å². The monoisotopic (exact) mass is 430 g/mol. The Kier molecular flexibility index (Phi) is 5.98. The van der Waals surface area contributed by atoms with E-state index in [-0.39, 0.29) is 22.9 Å². The van der Waals surface area contributed by atoms with E-state index in [4.69, 9.17) is 46.4 Å². The van der Waals surface area contributed by atoms with Gasteiger partial charge in [-0.2, -0.15) is 0 Å². The van der Waals surface area contributed by atoms with E-state index in [2.05, 4.69) is 0 Å². The summed E-state index contributed by atoms with van der Waals surface area (Å²) >= 11 is 24.4. The number of benzene rings is 2. The Morgan fingerprint density at radius 3 is 1.15 bits per heavy atom. The van der Waals surface area contributed by atoms with Gasteiger partial charge in [0.2, 0.25) is 0 Å². The standard InChI is InChI=1S/C18H14Cl4N2O2/c19-11-3-1-4-12(20)15(11)17(25)23-7-9-24(10-8-23)18(26)16-13(21)5-2-6-14(16)22/h1-6H,7-10H2. The van der Waals surface area contributed by atoms with Crippen molar-refractivity contribution in [3.05, 3.63) is 67.6 Å². The summed E-state index contributed by atoms with van der Waals surface area (Å²) in [7, 11) is 0. The molecule has 0 aliphatic carbocycles. The lowest BCUT2D eigenvalue weighted by Crippen LogP contribution is -2.50. The van der Waals surface area contributed by atoms with Crippen LogP contribution in [-0.2, 0) is 0 Å². The Morgan fingerprint density at radius 1 is 0.615 bits per heavy atom. The van der Waals surface area contributed by atoms with Crippen molar-refractivity contribution >= 4 is 58.2 Å². The molecule has 0 aromatic heterocycles. The van der Waals surface area contributed by atoms with Crippen LogP contribution in [-0.4, -0.2) is 47.8 Å². The van der Waals surface area contributed by atoms with Gasteiger partial charge in [-0.3, -0.25) is 9.59 Å². The average Bonchev–Trinajstić information content (AvgIpc) is 2.61. The largest absolute Gasteiger partial charge is 0.335 e. The van der Waals surface area contributed by atoms with E-state index in [0.717, 1.165) is 0 Å². The molecule has 1 heterocycles. The van der Waals surface area contributed by atoms with Gasteiger partial charge in [0, 0.05) is 26.2 Å². The third kappa shape index (κ3) is 3.79. The van der Waals surface area contributed by atoms with Crippen LogP contribution in [0.25, 0.3) is 0 Å². The van der Waals surface area contributed by atoms with Crippen LogP contribution >= 0.6 is 46.4 Å². The van der Waals surface area contributed by atoms with Crippen molar-refractivity contribution in [1.29, 1.82) is 0 Å². The van der Waals surface area contributed by atoms with Crippen LogP contribution in [0, 0.1) is 0 Å². The van der Waals surface area contributed by atoms with Gasteiger partial charge < -0.3 is 9.80 Å². The lowest BCUT2D eigenvalue weighted by atomic mass is 10.1. The van der Waals surface area contributed by atoms with Crippen LogP contribution in [0.3, 0.4) is 0 Å². The fourth-order valence-electron chi connectivity index (χ4n) is 2.83. The molecule has 0 unspecified atom stereocenters. The zero-order valence-corrected chi connectivity index (χ0v) is 16.5. The van der Waals surface area contributed by atoms with Gasteiger partial charge in [0.1, 0.15) is 0 Å². The van der Waals surface area contributed by atoms with Gasteiger partial charge in [0.15, 0.2) is 0 Å². The molecule has 0 radical (unpaired) electrons. The molecule has 8 heteroatoms. The van der Waals surface area contributed by atoms with Gasteiger partial charge in [-0.15, -0.1) is 0 Å². The van der Waals surface area contributed by atoms with E-state index in [1.807, 2.05) is 0 Å². The minimum atomic E-state index is -0.247. The lowest BCUT2D eigenvalue weighted by Gasteiger charge is -2.35. The van der Waals surface area contributed by atoms with Crippen molar-refractivity contribution in [1.82, 2.24) is 9.80 Å². The second-order valence-electron chi connectivity index (χ2n) is 5.78. The van der Waals surface area contributed by atoms with Crippen LogP contribution in [0.15, 0.2) is 36.4 Å². The molecule has 0 bridgehead atoms. The number of nitrogens with zero attached hydrogens (tertiary/aromatic N) is 2. The van der Waals surface area contributed by atoms with Crippen LogP contribution in [0.2, 0.25) is 20.1 Å². The molecule has 0 N–H and O–H groups in total. The average molecular weight is 432 g/mol. The number of hydrogen-bond donors (Lipinski definition) is 0. The van der Waals surface area contributed by atoms with E-state index in [1.165, 1.54) is 0 Å². The molecule has 0 spiro atoms. The van der Waals surface area contributed by atoms with Crippen LogP contribution in [0.1, 0.15) is 20.7 Å². The zero-order chi connectivity index (χ0) is 18.8. The molecular weight excluding hydrogens is 418 g/mol. The molecule has 1 fully saturated rings. The minimum Gasteiger partial charge on any atom is -0.335 e. The highest BCUT2D eigenvalue weighted by Gasteiger charge is 2.29. The Bertz CT molecular complexity index is 752. The topological polar surface area (TPSA) is 40.6 Å². The summed E-state index contributed by atoms with van der Waals surface area (Å²) < 4.78 is 0. The Hall–Kier alpha value is -1.46. The van der Waals surface area contributed by atoms with Crippen molar-refractivity contribution in [2.45, 2.75) is 0 Å². The smallest absolute Gasteiger partial charge is 0.257 e. The predicted octanol–water partition coefficient (Wildman–Crippen LogP) is 4.90. The number of carbonyl (C=O) groups is 2. The van der Waals surface area contributed by atoms with Crippen molar-refractivity contribution < 1.29 is 9.59 Å². The van der Waals surface area contributed by atoms with Crippen molar-refractivity contribution in [3.63, 3.8) is 0 Å². The molecular formula is C18H14Cl4N2O2. The minimum absolute atomic E-state index is 0.247. The molecule has 3 rings (SSSR count). The second kappa shape index (κ2) is 8.05. The molecule has 136 valence electrons. The van der Waals surface area contributed by atoms with E-state index in [9.17, 15) is 9.59 Å². The molecule has 2 aromatic rings. The molecule has 2 aromatic carbocycles. The predicted molar refractivity (Wildman–Crippen MR) is 105 cm³/mol. The molecule has 1 aliphatic heterocycles. The molecule has 0 saturated carbocycles. The van der Waals surface area contributed by atoms with Crippen molar-refractivity contribution in [2.24, 2.45) is 0 Å². The fourth-order valence-corrected chi connectivity index (χ4v) is 3.95. The summed E-state index contributed by atoms with van der Waals surface area (Å²) in [5.41, 5.74) is 0.564. The molecule has 1 saturated heterocycles. The van der Waals surface area contributed by atoms with Crippen LogP contribution < -0.4 is 0 Å². The summed E-state index contributed by atoms with van der Waals surface area (Å²) in [6, 6.07) is 9.87. The van der Waals surface area contributed by atoms with E-state index in [1.54, 1.807) is 46.2 Å². The lowest BCUT2D eigenvalue weighted by molar-refractivity contribution is 0.0536. The summed E-state index contributed by atoms with van der Waals surface area (Å²) in [5, 5.41) is 1.24. The highest BCUT2D eigenvalue weighted by Crippen LogP contribution is 2.28. The number of amides is 2. The SMILES string of the molecule is O=C(c1c(Cl)cccc1Cl)N1CCN(C(=O)c2c(Cl)cccc2Cl)CC1. The Morgan fingerprint density at radius 2 is 0.885 bits per heavy atom. The maximum atomic E-state index is 12.7. The molecule has 0 atom stereocenters. The van der Waals surface area contributed by atoms with Crippen LogP contribution in [0.4, 0.5) is 0 Å². The van der Waals surface area contributed by atoms with E-state index in [0.29, 0.717) is 46.3 Å². The molecule has 4 nitrogen and oxygen atoms in total. The van der Waals surface area contributed by atoms with Gasteiger partial charge in [-0.1, -0.05) is 58.5 Å². The number of halogens is 4. The quantitative estimate of drug-likeness (QED) is 0.678. The highest BCUT2D eigenvalue weighted by atomic mass is 35.5. The maximum Gasteiger partial charge on any atom is 0.257 e. The van der Waals surface area contributed by atoms with Gasteiger partial charge in [0.25, 0.3) is 11.8 Å². The third-order valence-corrected chi connectivity index (χ3v) is 5.47. The van der Waals surface area contributed by atoms with Gasteiger partial charge in [-0.05, 0) is 24.3 Å². The summed E-state index contributed by atoms with van der Waals surface area (Å²) in [4.78, 5) is 28.7. The first kappa shape index (κ1) is 19.3.